The van der Waals surface area contributed by atoms with Crippen LogP contribution in [0.2, 0.25) is 0 Å². The van der Waals surface area contributed by atoms with E-state index < -0.39 is 11.8 Å². The molecule has 3 nitrogen and oxygen atoms in total. The fraction of sp³-hybridized carbons (Fsp3) is 0.526. The van der Waals surface area contributed by atoms with Crippen LogP contribution in [0, 0.1) is 0 Å². The molecule has 0 spiro atoms. The Balaban J connectivity index is 2.42. The number of carbonyl (C=O) groups is 1. The lowest BCUT2D eigenvalue weighted by Gasteiger charge is -2.37. The first-order valence-corrected chi connectivity index (χ1v) is 8.31. The van der Waals surface area contributed by atoms with Crippen molar-refractivity contribution in [2.45, 2.75) is 53.0 Å². The van der Waals surface area contributed by atoms with E-state index in [-0.39, 0.29) is 6.61 Å². The van der Waals surface area contributed by atoms with Gasteiger partial charge in [0.15, 0.2) is 0 Å². The Kier molecular flexibility index (Phi) is 5.45. The molecule has 1 aromatic carbocycles. The van der Waals surface area contributed by atoms with Crippen molar-refractivity contribution in [3.8, 4) is 0 Å². The van der Waals surface area contributed by atoms with Crippen molar-refractivity contribution < 1.29 is 13.9 Å². The standard InChI is InChI=1S/C19H26FNO2/c1-6-23-19(22)18(20)14(5)15-7-8-17-16(11-15)13(4)9-10-21(17)12(2)3/h7-8,11-13H,6,9-10H2,1-5H3/b18-14+. The molecule has 0 aliphatic carbocycles. The molecule has 126 valence electrons. The molecule has 23 heavy (non-hydrogen) atoms. The third-order valence-electron chi connectivity index (χ3n) is 4.51. The van der Waals surface area contributed by atoms with Gasteiger partial charge in [-0.15, -0.1) is 0 Å². The maximum Gasteiger partial charge on any atom is 0.367 e. The van der Waals surface area contributed by atoms with Crippen molar-refractivity contribution in [2.24, 2.45) is 0 Å². The van der Waals surface area contributed by atoms with Crippen LogP contribution >= 0.6 is 0 Å². The Morgan fingerprint density at radius 3 is 2.74 bits per heavy atom. The van der Waals surface area contributed by atoms with Crippen molar-refractivity contribution in [2.75, 3.05) is 18.1 Å². The Labute approximate surface area is 138 Å². The Bertz CT molecular complexity index is 622. The van der Waals surface area contributed by atoms with E-state index in [9.17, 15) is 9.18 Å². The fourth-order valence-electron chi connectivity index (χ4n) is 3.06. The average Bonchev–Trinajstić information content (AvgIpc) is 2.53. The smallest absolute Gasteiger partial charge is 0.367 e. The van der Waals surface area contributed by atoms with Crippen molar-refractivity contribution >= 4 is 17.2 Å². The summed E-state index contributed by atoms with van der Waals surface area (Å²) < 4.78 is 18.9. The van der Waals surface area contributed by atoms with Gasteiger partial charge in [0.25, 0.3) is 0 Å². The molecule has 0 fully saturated rings. The summed E-state index contributed by atoms with van der Waals surface area (Å²) in [5, 5.41) is 0. The first kappa shape index (κ1) is 17.5. The predicted molar refractivity (Wildman–Crippen MR) is 92.3 cm³/mol. The molecule has 0 N–H and O–H groups in total. The van der Waals surface area contributed by atoms with E-state index in [4.69, 9.17) is 4.74 Å². The molecular weight excluding hydrogens is 293 g/mol. The van der Waals surface area contributed by atoms with Crippen LogP contribution in [0.15, 0.2) is 24.0 Å². The summed E-state index contributed by atoms with van der Waals surface area (Å²) in [4.78, 5) is 14.0. The van der Waals surface area contributed by atoms with Crippen LogP contribution in [0.3, 0.4) is 0 Å². The molecule has 4 heteroatoms. The highest BCUT2D eigenvalue weighted by molar-refractivity contribution is 5.95. The van der Waals surface area contributed by atoms with Gasteiger partial charge in [-0.2, -0.15) is 4.39 Å². The van der Waals surface area contributed by atoms with Gasteiger partial charge >= 0.3 is 5.97 Å². The van der Waals surface area contributed by atoms with Gasteiger partial charge in [-0.25, -0.2) is 4.79 Å². The minimum absolute atomic E-state index is 0.171. The minimum atomic E-state index is -0.889. The molecule has 0 bridgehead atoms. The van der Waals surface area contributed by atoms with Crippen LogP contribution < -0.4 is 4.90 Å². The highest BCUT2D eigenvalue weighted by Crippen LogP contribution is 2.38. The van der Waals surface area contributed by atoms with Crippen LogP contribution in [0.5, 0.6) is 0 Å². The number of fused-ring (bicyclic) bond motifs is 1. The van der Waals surface area contributed by atoms with E-state index in [0.717, 1.165) is 18.5 Å². The normalized spacial score (nSPS) is 18.6. The summed E-state index contributed by atoms with van der Waals surface area (Å²) in [5.74, 6) is -1.27. The Morgan fingerprint density at radius 2 is 2.13 bits per heavy atom. The summed E-state index contributed by atoms with van der Waals surface area (Å²) in [6.07, 6.45) is 1.08. The zero-order valence-corrected chi connectivity index (χ0v) is 14.6. The Hall–Kier alpha value is -1.84. The monoisotopic (exact) mass is 319 g/mol. The van der Waals surface area contributed by atoms with Crippen LogP contribution in [0.1, 0.15) is 58.1 Å². The number of hydrogen-bond donors (Lipinski definition) is 0. The number of halogens is 1. The third-order valence-corrected chi connectivity index (χ3v) is 4.51. The lowest BCUT2D eigenvalue weighted by atomic mass is 9.88. The summed E-state index contributed by atoms with van der Waals surface area (Å²) in [5.41, 5.74) is 3.51. The summed E-state index contributed by atoms with van der Waals surface area (Å²) >= 11 is 0. The number of esters is 1. The predicted octanol–water partition coefficient (Wildman–Crippen LogP) is 4.67. The van der Waals surface area contributed by atoms with Gasteiger partial charge < -0.3 is 9.64 Å². The van der Waals surface area contributed by atoms with E-state index >= 15 is 0 Å². The average molecular weight is 319 g/mol. The molecule has 0 saturated heterocycles. The van der Waals surface area contributed by atoms with Crippen molar-refractivity contribution in [3.63, 3.8) is 0 Å². The number of anilines is 1. The van der Waals surface area contributed by atoms with E-state index in [2.05, 4.69) is 25.7 Å². The quantitative estimate of drug-likeness (QED) is 0.596. The molecule has 2 rings (SSSR count). The fourth-order valence-corrected chi connectivity index (χ4v) is 3.06. The van der Waals surface area contributed by atoms with Crippen molar-refractivity contribution in [3.05, 3.63) is 35.2 Å². The van der Waals surface area contributed by atoms with Crippen LogP contribution in [0.4, 0.5) is 10.1 Å². The summed E-state index contributed by atoms with van der Waals surface area (Å²) in [6.45, 7) is 11.1. The molecule has 0 aromatic heterocycles. The molecular formula is C19H26FNO2. The van der Waals surface area contributed by atoms with Crippen molar-refractivity contribution in [1.29, 1.82) is 0 Å². The van der Waals surface area contributed by atoms with Gasteiger partial charge in [0.2, 0.25) is 5.83 Å². The van der Waals surface area contributed by atoms with E-state index in [1.54, 1.807) is 13.8 Å². The second kappa shape index (κ2) is 7.16. The lowest BCUT2D eigenvalue weighted by molar-refractivity contribution is -0.140. The first-order valence-electron chi connectivity index (χ1n) is 8.31. The molecule has 0 radical (unpaired) electrons. The number of rotatable bonds is 4. The van der Waals surface area contributed by atoms with E-state index in [0.29, 0.717) is 17.5 Å². The van der Waals surface area contributed by atoms with Gasteiger partial charge in [0.1, 0.15) is 0 Å². The van der Waals surface area contributed by atoms with Crippen LogP contribution in [-0.2, 0) is 9.53 Å². The number of benzene rings is 1. The van der Waals surface area contributed by atoms with Gasteiger partial charge in [-0.3, -0.25) is 0 Å². The highest BCUT2D eigenvalue weighted by atomic mass is 19.1. The molecule has 1 aliphatic rings. The SMILES string of the molecule is CCOC(=O)/C(F)=C(/C)c1ccc2c(c1)C(C)CCN2C(C)C. The minimum Gasteiger partial charge on any atom is -0.461 e. The zero-order chi connectivity index (χ0) is 17.1. The molecule has 1 unspecified atom stereocenters. The number of nitrogens with zero attached hydrogens (tertiary/aromatic N) is 1. The largest absolute Gasteiger partial charge is 0.461 e. The van der Waals surface area contributed by atoms with Crippen LogP contribution in [-0.4, -0.2) is 25.2 Å². The van der Waals surface area contributed by atoms with E-state index in [1.807, 2.05) is 18.2 Å². The Morgan fingerprint density at radius 1 is 1.43 bits per heavy atom. The number of ether oxygens (including phenoxy) is 1. The number of hydrogen-bond acceptors (Lipinski definition) is 3. The van der Waals surface area contributed by atoms with Gasteiger partial charge in [-0.1, -0.05) is 13.0 Å². The molecule has 1 atom stereocenters. The second-order valence-electron chi connectivity index (χ2n) is 6.41. The molecule has 0 amide bonds. The van der Waals surface area contributed by atoms with Crippen molar-refractivity contribution in [1.82, 2.24) is 0 Å². The molecule has 0 saturated carbocycles. The second-order valence-corrected chi connectivity index (χ2v) is 6.41. The van der Waals surface area contributed by atoms with E-state index in [1.165, 1.54) is 11.3 Å². The number of carbonyl (C=O) groups excluding carboxylic acids is 1. The molecule has 1 aromatic rings. The van der Waals surface area contributed by atoms with Gasteiger partial charge in [-0.05, 0) is 68.9 Å². The first-order chi connectivity index (χ1) is 10.9. The topological polar surface area (TPSA) is 29.5 Å². The number of allylic oxidation sites excluding steroid dienone is 1. The van der Waals surface area contributed by atoms with Gasteiger partial charge in [0, 0.05) is 18.3 Å². The summed E-state index contributed by atoms with van der Waals surface area (Å²) in [6, 6.07) is 6.38. The van der Waals surface area contributed by atoms with Crippen LogP contribution in [0.25, 0.3) is 5.57 Å². The lowest BCUT2D eigenvalue weighted by Crippen LogP contribution is -2.36. The third kappa shape index (κ3) is 3.57. The molecule has 1 heterocycles. The zero-order valence-electron chi connectivity index (χ0n) is 14.6. The maximum atomic E-state index is 14.2. The summed E-state index contributed by atoms with van der Waals surface area (Å²) in [7, 11) is 0. The maximum absolute atomic E-state index is 14.2. The highest BCUT2D eigenvalue weighted by Gasteiger charge is 2.25. The molecule has 1 aliphatic heterocycles. The van der Waals surface area contributed by atoms with Gasteiger partial charge in [0.05, 0.1) is 6.61 Å².